The molecule has 0 saturated heterocycles. The van der Waals surface area contributed by atoms with E-state index in [2.05, 4.69) is 0 Å². The van der Waals surface area contributed by atoms with Gasteiger partial charge in [-0.2, -0.15) is 0 Å². The van der Waals surface area contributed by atoms with Gasteiger partial charge in [0.2, 0.25) is 0 Å². The van der Waals surface area contributed by atoms with Crippen molar-refractivity contribution in [3.63, 3.8) is 0 Å². The number of rotatable bonds is 0. The summed E-state index contributed by atoms with van der Waals surface area (Å²) >= 11 is 1.05. The largest absolute Gasteiger partial charge is 0 e. The quantitative estimate of drug-likeness (QED) is 0.557. The number of hydrogen-bond acceptors (Lipinski definition) is 2. The van der Waals surface area contributed by atoms with Crippen LogP contribution >= 0.6 is 0 Å². The maximum Gasteiger partial charge on any atom is 0 e. The fourth-order valence-electron chi connectivity index (χ4n) is 0. The molecular formula is O2SnTiZr. The van der Waals surface area contributed by atoms with Gasteiger partial charge in [-0.1, -0.05) is 0 Å². The third kappa shape index (κ3) is 24.0. The fourth-order valence-corrected chi connectivity index (χ4v) is 0. The molecule has 24 valence electrons. The second-order valence-corrected chi connectivity index (χ2v) is 0. The van der Waals surface area contributed by atoms with Gasteiger partial charge in [0.05, 0.1) is 0 Å². The van der Waals surface area contributed by atoms with Crippen molar-refractivity contribution in [2.45, 2.75) is 0 Å². The summed E-state index contributed by atoms with van der Waals surface area (Å²) < 4.78 is 16.6. The van der Waals surface area contributed by atoms with E-state index < -0.39 is 0 Å². The van der Waals surface area contributed by atoms with E-state index in [0.29, 0.717) is 22.5 Å². The van der Waals surface area contributed by atoms with E-state index >= 15 is 0 Å². The molecule has 0 aliphatic heterocycles. The maximum atomic E-state index is 8.34. The fraction of sp³-hybridized carbons (Fsp3) is 0. The van der Waals surface area contributed by atoms with Gasteiger partial charge in [0.1, 0.15) is 0 Å². The molecule has 0 fully saturated rings. The molecule has 0 saturated carbocycles. The van der Waals surface area contributed by atoms with E-state index in [1.54, 1.807) is 0 Å². The zero-order valence-corrected chi connectivity index (χ0v) is 9.19. The van der Waals surface area contributed by atoms with Crippen LogP contribution in [0, 0.1) is 0 Å². The van der Waals surface area contributed by atoms with Gasteiger partial charge in [0.25, 0.3) is 0 Å². The van der Waals surface area contributed by atoms with Crippen molar-refractivity contribution in [3.8, 4) is 0 Å². The average Bonchev–Trinajstić information content (AvgIpc) is 1.50. The van der Waals surface area contributed by atoms with Crippen LogP contribution in [0.25, 0.3) is 0 Å². The van der Waals surface area contributed by atoms with Crippen molar-refractivity contribution < 1.29 is 53.0 Å². The third-order valence-corrected chi connectivity index (χ3v) is 0. The molecule has 0 aromatic heterocycles. The normalized spacial score (nSPS) is 1.40. The van der Waals surface area contributed by atoms with Gasteiger partial charge in [-0.05, 0) is 0 Å². The molecule has 0 unspecified atom stereocenters. The summed E-state index contributed by atoms with van der Waals surface area (Å²) in [6, 6.07) is 0. The monoisotopic (exact) mass is 290 g/mol. The molecule has 2 nitrogen and oxygen atoms in total. The van der Waals surface area contributed by atoms with Crippen molar-refractivity contribution in [2.75, 3.05) is 0 Å². The zero-order chi connectivity index (χ0) is 4.00. The van der Waals surface area contributed by atoms with E-state index in [-0.39, 0.29) is 26.2 Å². The summed E-state index contributed by atoms with van der Waals surface area (Å²) in [5.74, 6) is 0. The van der Waals surface area contributed by atoms with Gasteiger partial charge in [-0.3, -0.25) is 0 Å². The molecule has 0 aliphatic rings. The Hall–Kier alpha value is 2.00. The van der Waals surface area contributed by atoms with Gasteiger partial charge in [0.15, 0.2) is 0 Å². The van der Waals surface area contributed by atoms with Crippen LogP contribution in [0.2, 0.25) is 0 Å². The molecule has 5 heteroatoms. The predicted molar refractivity (Wildman–Crippen MR) is 7.13 cm³/mol. The SMILES string of the molecule is [O]=[Sn].[O]=[Ti].[Zr]. The Morgan fingerprint density at radius 1 is 1.20 bits per heavy atom. The van der Waals surface area contributed by atoms with E-state index in [4.69, 9.17) is 6.40 Å². The second kappa shape index (κ2) is 37.6. The van der Waals surface area contributed by atoms with E-state index in [9.17, 15) is 0 Å². The van der Waals surface area contributed by atoms with Crippen molar-refractivity contribution in [1.82, 2.24) is 0 Å². The first-order valence-electron chi connectivity index (χ1n) is 0.408. The van der Waals surface area contributed by atoms with Crippen LogP contribution in [-0.2, 0) is 53.0 Å². The Balaban J connectivity index is -0.0000000133. The zero-order valence-electron chi connectivity index (χ0n) is 2.32. The van der Waals surface area contributed by atoms with Gasteiger partial charge in [0, 0.05) is 26.2 Å². The summed E-state index contributed by atoms with van der Waals surface area (Å²) in [4.78, 5) is 0. The number of hydrogen-bond donors (Lipinski definition) is 0. The van der Waals surface area contributed by atoms with Crippen molar-refractivity contribution in [1.29, 1.82) is 0 Å². The second-order valence-electron chi connectivity index (χ2n) is 0. The van der Waals surface area contributed by atoms with Crippen LogP contribution in [0.4, 0.5) is 0 Å². The Kier molecular flexibility index (Phi) is 118. The minimum atomic E-state index is 0. The molecule has 0 N–H and O–H groups in total. The molecule has 0 aromatic rings. The Morgan fingerprint density at radius 3 is 1.20 bits per heavy atom. The summed E-state index contributed by atoms with van der Waals surface area (Å²) in [6.45, 7) is 0. The molecule has 0 atom stereocenters. The molecule has 0 heterocycles. The van der Waals surface area contributed by atoms with Crippen LogP contribution in [0.15, 0.2) is 0 Å². The topological polar surface area (TPSA) is 34.1 Å². The van der Waals surface area contributed by atoms with Gasteiger partial charge in [-0.15, -0.1) is 0 Å². The molecule has 5 heavy (non-hydrogen) atoms. The van der Waals surface area contributed by atoms with Gasteiger partial charge in [-0.25, -0.2) is 0 Å². The molecule has 0 bridgehead atoms. The van der Waals surface area contributed by atoms with E-state index in [1.807, 2.05) is 0 Å². The molecule has 0 amide bonds. The Morgan fingerprint density at radius 2 is 1.20 bits per heavy atom. The Labute approximate surface area is 74.4 Å². The minimum absolute atomic E-state index is 0. The van der Waals surface area contributed by atoms with Crippen molar-refractivity contribution in [2.24, 2.45) is 0 Å². The van der Waals surface area contributed by atoms with E-state index in [1.165, 1.54) is 0 Å². The molecule has 0 aromatic carbocycles. The van der Waals surface area contributed by atoms with Crippen LogP contribution < -0.4 is 0 Å². The summed E-state index contributed by atoms with van der Waals surface area (Å²) in [5.41, 5.74) is 0. The van der Waals surface area contributed by atoms with Crippen molar-refractivity contribution in [3.05, 3.63) is 0 Å². The van der Waals surface area contributed by atoms with Crippen LogP contribution in [0.1, 0.15) is 0 Å². The van der Waals surface area contributed by atoms with Crippen LogP contribution in [-0.4, -0.2) is 22.5 Å². The van der Waals surface area contributed by atoms with Gasteiger partial charge >= 0.3 is 49.3 Å². The van der Waals surface area contributed by atoms with Crippen LogP contribution in [0.5, 0.6) is 0 Å². The minimum Gasteiger partial charge on any atom is 0 e. The first-order valence-corrected chi connectivity index (χ1v) is 2.21. The summed E-state index contributed by atoms with van der Waals surface area (Å²) in [6.07, 6.45) is 0. The van der Waals surface area contributed by atoms with Crippen LogP contribution in [0.3, 0.4) is 0 Å². The maximum absolute atomic E-state index is 8.34. The molecule has 0 aliphatic carbocycles. The molecule has 2 radical (unpaired) electrons. The average molecular weight is 290 g/mol. The first kappa shape index (κ1) is 15.8. The standard InChI is InChI=1S/2O.Sn.Ti.Zr. The van der Waals surface area contributed by atoms with Crippen molar-refractivity contribution >= 4 is 22.5 Å². The summed E-state index contributed by atoms with van der Waals surface area (Å²) in [5, 5.41) is 0. The first-order chi connectivity index (χ1) is 2.00. The Bertz CT molecular complexity index is 11.6. The molecular weight excluding hydrogens is 290 g/mol. The van der Waals surface area contributed by atoms with E-state index in [0.717, 1.165) is 20.4 Å². The van der Waals surface area contributed by atoms with Gasteiger partial charge < -0.3 is 0 Å². The predicted octanol–water partition coefficient (Wildman–Crippen LogP) is -0.623. The molecule has 0 rings (SSSR count). The smallest absolute Gasteiger partial charge is 0 e. The molecule has 0 spiro atoms. The summed E-state index contributed by atoms with van der Waals surface area (Å²) in [7, 11) is 0. The third-order valence-electron chi connectivity index (χ3n) is 0.